The zero-order valence-corrected chi connectivity index (χ0v) is 12.6. The molecule has 0 saturated carbocycles. The molecule has 19 heavy (non-hydrogen) atoms. The molecule has 0 aliphatic carbocycles. The van der Waals surface area contributed by atoms with E-state index in [4.69, 9.17) is 10.5 Å². The summed E-state index contributed by atoms with van der Waals surface area (Å²) >= 11 is 0. The van der Waals surface area contributed by atoms with Gasteiger partial charge in [0.2, 0.25) is 0 Å². The average Bonchev–Trinajstić information content (AvgIpc) is 2.16. The van der Waals surface area contributed by atoms with Crippen molar-refractivity contribution >= 4 is 11.8 Å². The molecule has 4 heteroatoms. The minimum atomic E-state index is -0.511. The van der Waals surface area contributed by atoms with E-state index in [1.165, 1.54) is 0 Å². The number of nitrogens with two attached hydrogens (primary N) is 1. The number of amides is 1. The van der Waals surface area contributed by atoms with Crippen molar-refractivity contribution in [1.82, 2.24) is 0 Å². The van der Waals surface area contributed by atoms with Gasteiger partial charge in [0.25, 0.3) is 0 Å². The van der Waals surface area contributed by atoms with Crippen LogP contribution in [0.5, 0.6) is 0 Å². The molecule has 0 fully saturated rings. The smallest absolute Gasteiger partial charge is 0.412 e. The molecule has 4 nitrogen and oxygen atoms in total. The summed E-state index contributed by atoms with van der Waals surface area (Å²) in [6, 6.07) is 5.69. The summed E-state index contributed by atoms with van der Waals surface area (Å²) in [5.41, 5.74) is 7.84. The van der Waals surface area contributed by atoms with Gasteiger partial charge in [-0.2, -0.15) is 0 Å². The summed E-state index contributed by atoms with van der Waals surface area (Å²) < 4.78 is 5.24. The fourth-order valence-electron chi connectivity index (χ4n) is 1.88. The fraction of sp³-hybridized carbons (Fsp3) is 0.533. The molecule has 0 aromatic heterocycles. The van der Waals surface area contributed by atoms with Crippen molar-refractivity contribution in [3.8, 4) is 0 Å². The van der Waals surface area contributed by atoms with Gasteiger partial charge in [-0.3, -0.25) is 5.32 Å². The molecule has 0 bridgehead atoms. The largest absolute Gasteiger partial charge is 0.444 e. The van der Waals surface area contributed by atoms with E-state index in [-0.39, 0.29) is 0 Å². The van der Waals surface area contributed by atoms with Gasteiger partial charge in [-0.25, -0.2) is 4.79 Å². The van der Waals surface area contributed by atoms with Crippen molar-refractivity contribution < 1.29 is 9.53 Å². The highest BCUT2D eigenvalue weighted by Crippen LogP contribution is 2.26. The molecule has 0 spiro atoms. The first-order valence-corrected chi connectivity index (χ1v) is 6.40. The molecule has 1 aromatic rings. The van der Waals surface area contributed by atoms with Crippen LogP contribution in [0.2, 0.25) is 0 Å². The summed E-state index contributed by atoms with van der Waals surface area (Å²) in [6.07, 6.45) is -0.456. The third-order valence-corrected chi connectivity index (χ3v) is 2.66. The topological polar surface area (TPSA) is 64.3 Å². The average molecular weight is 264 g/mol. The first-order valence-electron chi connectivity index (χ1n) is 6.40. The lowest BCUT2D eigenvalue weighted by Gasteiger charge is -2.24. The quantitative estimate of drug-likeness (QED) is 0.858. The maximum absolute atomic E-state index is 11.8. The highest BCUT2D eigenvalue weighted by atomic mass is 16.6. The van der Waals surface area contributed by atoms with Crippen LogP contribution in [0, 0.1) is 6.92 Å². The van der Waals surface area contributed by atoms with E-state index in [0.29, 0.717) is 0 Å². The maximum atomic E-state index is 11.8. The molecular formula is C15H24N2O2. The first kappa shape index (κ1) is 15.5. The molecule has 1 rings (SSSR count). The standard InChI is InChI=1S/C15H24N2O2/c1-10-11(15(5,6)16)8-7-9-12(10)17-13(18)19-14(2,3)4/h7-9H,16H2,1-6H3,(H,17,18). The summed E-state index contributed by atoms with van der Waals surface area (Å²) in [4.78, 5) is 11.8. The van der Waals surface area contributed by atoms with Gasteiger partial charge in [0.05, 0.1) is 0 Å². The van der Waals surface area contributed by atoms with Gasteiger partial charge >= 0.3 is 6.09 Å². The van der Waals surface area contributed by atoms with Crippen molar-refractivity contribution in [1.29, 1.82) is 0 Å². The van der Waals surface area contributed by atoms with Gasteiger partial charge in [-0.05, 0) is 58.7 Å². The lowest BCUT2D eigenvalue weighted by atomic mass is 9.91. The van der Waals surface area contributed by atoms with Gasteiger partial charge in [-0.1, -0.05) is 12.1 Å². The van der Waals surface area contributed by atoms with Crippen LogP contribution in [-0.2, 0) is 10.3 Å². The van der Waals surface area contributed by atoms with Gasteiger partial charge in [0, 0.05) is 11.2 Å². The summed E-state index contributed by atoms with van der Waals surface area (Å²) in [7, 11) is 0. The van der Waals surface area contributed by atoms with Crippen LogP contribution >= 0.6 is 0 Å². The first-order chi connectivity index (χ1) is 8.50. The van der Waals surface area contributed by atoms with Crippen molar-refractivity contribution in [2.75, 3.05) is 5.32 Å². The second-order valence-corrected chi connectivity index (χ2v) is 6.33. The van der Waals surface area contributed by atoms with Gasteiger partial charge < -0.3 is 10.5 Å². The molecule has 0 saturated heterocycles. The minimum absolute atomic E-state index is 0.449. The summed E-state index contributed by atoms with van der Waals surface area (Å²) in [5, 5.41) is 2.76. The van der Waals surface area contributed by atoms with Crippen LogP contribution in [-0.4, -0.2) is 11.7 Å². The maximum Gasteiger partial charge on any atom is 0.412 e. The van der Waals surface area contributed by atoms with E-state index in [1.807, 2.05) is 59.7 Å². The molecule has 0 unspecified atom stereocenters. The number of carbonyl (C=O) groups excluding carboxylic acids is 1. The second-order valence-electron chi connectivity index (χ2n) is 6.33. The third-order valence-electron chi connectivity index (χ3n) is 2.66. The number of ether oxygens (including phenoxy) is 1. The highest BCUT2D eigenvalue weighted by molar-refractivity contribution is 5.86. The zero-order chi connectivity index (χ0) is 14.8. The molecule has 0 atom stereocenters. The summed E-state index contributed by atoms with van der Waals surface area (Å²) in [6.45, 7) is 11.3. The van der Waals surface area contributed by atoms with Crippen LogP contribution in [0.1, 0.15) is 45.7 Å². The molecular weight excluding hydrogens is 240 g/mol. The van der Waals surface area contributed by atoms with Crippen molar-refractivity contribution in [3.05, 3.63) is 29.3 Å². The zero-order valence-electron chi connectivity index (χ0n) is 12.6. The lowest BCUT2D eigenvalue weighted by molar-refractivity contribution is 0.0636. The normalized spacial score (nSPS) is 12.2. The van der Waals surface area contributed by atoms with Gasteiger partial charge in [0.15, 0.2) is 0 Å². The molecule has 0 heterocycles. The van der Waals surface area contributed by atoms with Crippen molar-refractivity contribution in [2.24, 2.45) is 5.73 Å². The summed E-state index contributed by atoms with van der Waals surface area (Å²) in [5.74, 6) is 0. The molecule has 0 radical (unpaired) electrons. The predicted octanol–water partition coefficient (Wildman–Crippen LogP) is 3.54. The van der Waals surface area contributed by atoms with Crippen molar-refractivity contribution in [2.45, 2.75) is 52.7 Å². The number of hydrogen-bond donors (Lipinski definition) is 2. The predicted molar refractivity (Wildman–Crippen MR) is 78.2 cm³/mol. The number of rotatable bonds is 2. The molecule has 1 amide bonds. The van der Waals surface area contributed by atoms with E-state index in [1.54, 1.807) is 0 Å². The number of benzene rings is 1. The monoisotopic (exact) mass is 264 g/mol. The lowest BCUT2D eigenvalue weighted by Crippen LogP contribution is -2.30. The Bertz CT molecular complexity index is 468. The number of carbonyl (C=O) groups is 1. The Balaban J connectivity index is 2.95. The van der Waals surface area contributed by atoms with E-state index >= 15 is 0 Å². The van der Waals surface area contributed by atoms with Crippen LogP contribution < -0.4 is 11.1 Å². The van der Waals surface area contributed by atoms with Gasteiger partial charge in [-0.15, -0.1) is 0 Å². The molecule has 3 N–H and O–H groups in total. The molecule has 106 valence electrons. The second kappa shape index (κ2) is 5.21. The Morgan fingerprint density at radius 2 is 1.79 bits per heavy atom. The number of nitrogens with one attached hydrogen (secondary N) is 1. The fourth-order valence-corrected chi connectivity index (χ4v) is 1.88. The SMILES string of the molecule is Cc1c(NC(=O)OC(C)(C)C)cccc1C(C)(C)N. The minimum Gasteiger partial charge on any atom is -0.444 e. The Morgan fingerprint density at radius 3 is 2.26 bits per heavy atom. The third kappa shape index (κ3) is 4.56. The van der Waals surface area contributed by atoms with E-state index < -0.39 is 17.2 Å². The van der Waals surface area contributed by atoms with E-state index in [0.717, 1.165) is 16.8 Å². The van der Waals surface area contributed by atoms with E-state index in [9.17, 15) is 4.79 Å². The Hall–Kier alpha value is -1.55. The molecule has 1 aromatic carbocycles. The van der Waals surface area contributed by atoms with E-state index in [2.05, 4.69) is 5.32 Å². The molecule has 0 aliphatic rings. The van der Waals surface area contributed by atoms with Crippen LogP contribution in [0.3, 0.4) is 0 Å². The highest BCUT2D eigenvalue weighted by Gasteiger charge is 2.20. The number of hydrogen-bond acceptors (Lipinski definition) is 3. The molecule has 0 aliphatic heterocycles. The Morgan fingerprint density at radius 1 is 1.21 bits per heavy atom. The van der Waals surface area contributed by atoms with Crippen LogP contribution in [0.25, 0.3) is 0 Å². The van der Waals surface area contributed by atoms with Crippen LogP contribution in [0.15, 0.2) is 18.2 Å². The Kier molecular flexibility index (Phi) is 4.25. The van der Waals surface area contributed by atoms with Crippen LogP contribution in [0.4, 0.5) is 10.5 Å². The Labute approximate surface area is 115 Å². The van der Waals surface area contributed by atoms with Gasteiger partial charge in [0.1, 0.15) is 5.60 Å². The number of anilines is 1. The van der Waals surface area contributed by atoms with Crippen molar-refractivity contribution in [3.63, 3.8) is 0 Å².